The van der Waals surface area contributed by atoms with E-state index in [1.54, 1.807) is 11.3 Å². The number of aromatic nitrogens is 1. The van der Waals surface area contributed by atoms with E-state index in [4.69, 9.17) is 5.73 Å². The van der Waals surface area contributed by atoms with Gasteiger partial charge in [0.2, 0.25) is 0 Å². The Morgan fingerprint density at radius 2 is 2.08 bits per heavy atom. The Morgan fingerprint density at radius 1 is 1.24 bits per heavy atom. The lowest BCUT2D eigenvalue weighted by Gasteiger charge is -2.35. The van der Waals surface area contributed by atoms with Crippen molar-refractivity contribution in [1.29, 1.82) is 0 Å². The third-order valence-electron chi connectivity index (χ3n) is 5.36. The number of nitrogens with two attached hydrogens (primary N) is 1. The van der Waals surface area contributed by atoms with Gasteiger partial charge in [0, 0.05) is 50.3 Å². The summed E-state index contributed by atoms with van der Waals surface area (Å²) in [5.74, 6) is 0.713. The minimum atomic E-state index is 0.713. The van der Waals surface area contributed by atoms with E-state index < -0.39 is 0 Å². The van der Waals surface area contributed by atoms with Crippen LogP contribution in [0.4, 0.5) is 5.13 Å². The molecule has 2 saturated heterocycles. The van der Waals surface area contributed by atoms with E-state index in [0.29, 0.717) is 5.96 Å². The van der Waals surface area contributed by atoms with Crippen LogP contribution in [0.1, 0.15) is 39.0 Å². The number of guanidine groups is 1. The lowest BCUT2D eigenvalue weighted by atomic mass is 10.0. The van der Waals surface area contributed by atoms with Gasteiger partial charge in [0.15, 0.2) is 11.1 Å². The molecular formula is C18H32N6S. The van der Waals surface area contributed by atoms with Crippen molar-refractivity contribution in [2.75, 3.05) is 50.7 Å². The van der Waals surface area contributed by atoms with Crippen LogP contribution in [-0.2, 0) is 0 Å². The van der Waals surface area contributed by atoms with Gasteiger partial charge in [-0.1, -0.05) is 6.42 Å². The van der Waals surface area contributed by atoms with Crippen LogP contribution in [-0.4, -0.2) is 72.6 Å². The van der Waals surface area contributed by atoms with Gasteiger partial charge < -0.3 is 20.4 Å². The zero-order chi connectivity index (χ0) is 17.5. The number of unbranched alkanes of at least 4 members (excludes halogenated alkanes) is 1. The zero-order valence-corrected chi connectivity index (χ0v) is 16.3. The average molecular weight is 365 g/mol. The summed E-state index contributed by atoms with van der Waals surface area (Å²) < 4.78 is 0. The van der Waals surface area contributed by atoms with Crippen molar-refractivity contribution in [3.8, 4) is 0 Å². The Bertz CT molecular complexity index is 524. The van der Waals surface area contributed by atoms with Gasteiger partial charge in [-0.2, -0.15) is 0 Å². The van der Waals surface area contributed by atoms with E-state index in [0.717, 1.165) is 50.3 Å². The first-order chi connectivity index (χ1) is 12.2. The number of piperazine rings is 1. The summed E-state index contributed by atoms with van der Waals surface area (Å²) in [4.78, 5) is 16.2. The minimum Gasteiger partial charge on any atom is -0.370 e. The molecule has 2 aliphatic heterocycles. The van der Waals surface area contributed by atoms with E-state index in [2.05, 4.69) is 31.6 Å². The summed E-state index contributed by atoms with van der Waals surface area (Å²) in [6, 6.07) is 0.761. The average Bonchev–Trinajstić information content (AvgIpc) is 3.17. The molecule has 140 valence electrons. The van der Waals surface area contributed by atoms with E-state index in [-0.39, 0.29) is 0 Å². The number of aliphatic imine (C=N–C) groups is 1. The Hall–Kier alpha value is -1.34. The molecule has 2 N–H and O–H groups in total. The molecule has 3 heterocycles. The molecule has 1 aromatic rings. The van der Waals surface area contributed by atoms with Gasteiger partial charge in [0.05, 0.1) is 0 Å². The highest BCUT2D eigenvalue weighted by atomic mass is 32.1. The van der Waals surface area contributed by atoms with E-state index in [1.807, 2.05) is 11.6 Å². The molecule has 0 radical (unpaired) electrons. The van der Waals surface area contributed by atoms with Gasteiger partial charge >= 0.3 is 0 Å². The number of rotatable bonds is 6. The second-order valence-electron chi connectivity index (χ2n) is 7.12. The van der Waals surface area contributed by atoms with Gasteiger partial charge in [0.1, 0.15) is 0 Å². The third kappa shape index (κ3) is 5.31. The summed E-state index contributed by atoms with van der Waals surface area (Å²) in [6.07, 6.45) is 8.34. The van der Waals surface area contributed by atoms with Crippen LogP contribution in [0.5, 0.6) is 0 Å². The Balaban J connectivity index is 1.32. The Labute approximate surface area is 155 Å². The van der Waals surface area contributed by atoms with E-state index in [1.165, 1.54) is 38.8 Å². The highest BCUT2D eigenvalue weighted by molar-refractivity contribution is 7.13. The molecule has 0 amide bonds. The number of anilines is 1. The molecule has 7 heteroatoms. The second-order valence-corrected chi connectivity index (χ2v) is 7.99. The monoisotopic (exact) mass is 364 g/mol. The fourth-order valence-corrected chi connectivity index (χ4v) is 4.41. The third-order valence-corrected chi connectivity index (χ3v) is 6.19. The Morgan fingerprint density at radius 3 is 2.80 bits per heavy atom. The Kier molecular flexibility index (Phi) is 6.93. The maximum absolute atomic E-state index is 6.19. The lowest BCUT2D eigenvalue weighted by Crippen LogP contribution is -2.51. The van der Waals surface area contributed by atoms with Crippen LogP contribution in [0.2, 0.25) is 0 Å². The molecule has 0 bridgehead atoms. The van der Waals surface area contributed by atoms with Crippen molar-refractivity contribution < 1.29 is 0 Å². The van der Waals surface area contributed by atoms with Crippen molar-refractivity contribution in [3.05, 3.63) is 11.6 Å². The SMILES string of the molecule is CC1CCCCN1CCCCN=C(N)N1CCN(c2nccs2)CC1. The molecule has 1 atom stereocenters. The van der Waals surface area contributed by atoms with Gasteiger partial charge in [-0.25, -0.2) is 4.98 Å². The second kappa shape index (κ2) is 9.38. The number of likely N-dealkylation sites (tertiary alicyclic amines) is 1. The maximum Gasteiger partial charge on any atom is 0.191 e. The highest BCUT2D eigenvalue weighted by Crippen LogP contribution is 2.19. The van der Waals surface area contributed by atoms with Crippen LogP contribution in [0.15, 0.2) is 16.6 Å². The summed E-state index contributed by atoms with van der Waals surface area (Å²) >= 11 is 1.70. The molecule has 1 unspecified atom stereocenters. The van der Waals surface area contributed by atoms with Crippen molar-refractivity contribution in [3.63, 3.8) is 0 Å². The van der Waals surface area contributed by atoms with Crippen LogP contribution < -0.4 is 10.6 Å². The molecule has 25 heavy (non-hydrogen) atoms. The maximum atomic E-state index is 6.19. The number of nitrogens with zero attached hydrogens (tertiary/aromatic N) is 5. The van der Waals surface area contributed by atoms with Crippen molar-refractivity contribution in [2.45, 2.75) is 45.1 Å². The smallest absolute Gasteiger partial charge is 0.191 e. The molecular weight excluding hydrogens is 332 g/mol. The zero-order valence-electron chi connectivity index (χ0n) is 15.4. The lowest BCUT2D eigenvalue weighted by molar-refractivity contribution is 0.158. The molecule has 6 nitrogen and oxygen atoms in total. The quantitative estimate of drug-likeness (QED) is 0.476. The molecule has 0 aromatic carbocycles. The van der Waals surface area contributed by atoms with Crippen molar-refractivity contribution in [2.24, 2.45) is 10.7 Å². The summed E-state index contributed by atoms with van der Waals surface area (Å²) in [5, 5.41) is 3.14. The first-order valence-electron chi connectivity index (χ1n) is 9.67. The van der Waals surface area contributed by atoms with Gasteiger partial charge in [-0.15, -0.1) is 11.3 Å². The van der Waals surface area contributed by atoms with Crippen molar-refractivity contribution >= 4 is 22.4 Å². The fraction of sp³-hybridized carbons (Fsp3) is 0.778. The number of hydrogen-bond acceptors (Lipinski definition) is 5. The number of thiazole rings is 1. The first-order valence-corrected chi connectivity index (χ1v) is 10.6. The minimum absolute atomic E-state index is 0.713. The van der Waals surface area contributed by atoms with E-state index >= 15 is 0 Å². The predicted molar refractivity (Wildman–Crippen MR) is 107 cm³/mol. The van der Waals surface area contributed by atoms with Gasteiger partial charge in [0.25, 0.3) is 0 Å². The molecule has 3 rings (SSSR count). The van der Waals surface area contributed by atoms with Gasteiger partial charge in [-0.3, -0.25) is 4.99 Å². The van der Waals surface area contributed by atoms with Crippen LogP contribution in [0, 0.1) is 0 Å². The summed E-state index contributed by atoms with van der Waals surface area (Å²) in [5.41, 5.74) is 6.19. The van der Waals surface area contributed by atoms with Crippen LogP contribution in [0.25, 0.3) is 0 Å². The van der Waals surface area contributed by atoms with Crippen LogP contribution >= 0.6 is 11.3 Å². The molecule has 2 fully saturated rings. The fourth-order valence-electron chi connectivity index (χ4n) is 3.71. The molecule has 0 spiro atoms. The number of piperidine rings is 1. The summed E-state index contributed by atoms with van der Waals surface area (Å²) in [7, 11) is 0. The standard InChI is InChI=1S/C18H32N6S/c1-16-6-2-4-9-22(16)10-5-3-7-20-17(19)23-11-13-24(14-12-23)18-21-8-15-25-18/h8,15-16H,2-7,9-14H2,1H3,(H2,19,20). The topological polar surface area (TPSA) is 61.0 Å². The molecule has 0 saturated carbocycles. The normalized spacial score (nSPS) is 23.2. The number of hydrogen-bond donors (Lipinski definition) is 1. The van der Waals surface area contributed by atoms with Gasteiger partial charge in [-0.05, 0) is 45.7 Å². The van der Waals surface area contributed by atoms with Crippen molar-refractivity contribution in [1.82, 2.24) is 14.8 Å². The highest BCUT2D eigenvalue weighted by Gasteiger charge is 2.20. The molecule has 1 aromatic heterocycles. The van der Waals surface area contributed by atoms with Crippen LogP contribution in [0.3, 0.4) is 0 Å². The van der Waals surface area contributed by atoms with E-state index in [9.17, 15) is 0 Å². The molecule has 0 aliphatic carbocycles. The molecule has 2 aliphatic rings. The first kappa shape index (κ1) is 18.5. The predicted octanol–water partition coefficient (Wildman–Crippen LogP) is 2.23. The largest absolute Gasteiger partial charge is 0.370 e. The summed E-state index contributed by atoms with van der Waals surface area (Å²) in [6.45, 7) is 9.49.